The molecule has 0 saturated carbocycles. The lowest BCUT2D eigenvalue weighted by atomic mass is 9.83. The number of carboxylic acid groups (broad SMARTS) is 2. The molecule has 34 nitrogen and oxygen atoms in total. The molecule has 136 heavy (non-hydrogen) atoms. The highest BCUT2D eigenvalue weighted by molar-refractivity contribution is 6.14. The van der Waals surface area contributed by atoms with Crippen LogP contribution in [0.15, 0.2) is 85.0 Å². The topological polar surface area (TPSA) is 417 Å². The Bertz CT molecular complexity index is 4220. The summed E-state index contributed by atoms with van der Waals surface area (Å²) in [5, 5.41) is 22.1. The Morgan fingerprint density at radius 3 is 0.985 bits per heavy atom. The fourth-order valence-electron chi connectivity index (χ4n) is 20.1. The highest BCUT2D eigenvalue weighted by Crippen LogP contribution is 2.37. The van der Waals surface area contributed by atoms with Gasteiger partial charge in [0.15, 0.2) is 11.6 Å². The molecule has 12 amide bonds. The van der Waals surface area contributed by atoms with Gasteiger partial charge in [-0.05, 0) is 85.2 Å². The molecule has 2 aromatic carbocycles. The van der Waals surface area contributed by atoms with E-state index in [1.807, 2.05) is 39.8 Å². The van der Waals surface area contributed by atoms with E-state index in [0.29, 0.717) is 51.6 Å². The molecule has 4 unspecified atom stereocenters. The van der Waals surface area contributed by atoms with Crippen molar-refractivity contribution in [2.45, 2.75) is 273 Å². The molecule has 0 aromatic heterocycles. The molecule has 0 bridgehead atoms. The van der Waals surface area contributed by atoms with Crippen molar-refractivity contribution < 1.29 is 115 Å². The number of carbonyl (C=O) groups is 18. The third kappa shape index (κ3) is 30.2. The van der Waals surface area contributed by atoms with Crippen LogP contribution in [0.25, 0.3) is 0 Å². The number of ether oxygens (including phenoxy) is 4. The summed E-state index contributed by atoms with van der Waals surface area (Å²) in [7, 11) is 11.8. The average molecular weight is 1900 g/mol. The third-order valence-electron chi connectivity index (χ3n) is 28.4. The first-order valence-corrected chi connectivity index (χ1v) is 48.3. The molecule has 6 rings (SSSR count). The molecular formula is C102H152N10O24. The number of Topliss-reactive ketones (excluding diaryl/α,β-unsaturated/α-hetero) is 4. The Morgan fingerprint density at radius 1 is 0.397 bits per heavy atom. The molecule has 0 spiro atoms. The number of likely N-dealkylation sites (N-methyl/N-ethyl adjacent to an activating group) is 4. The molecule has 754 valence electrons. The van der Waals surface area contributed by atoms with Gasteiger partial charge in [-0.25, -0.2) is 0 Å². The summed E-state index contributed by atoms with van der Waals surface area (Å²) in [5.41, 5.74) is 1.54. The number of benzene rings is 2. The summed E-state index contributed by atoms with van der Waals surface area (Å²) in [6.07, 6.45) is 0.133. The summed E-state index contributed by atoms with van der Waals surface area (Å²) in [6.45, 7) is 23.4. The van der Waals surface area contributed by atoms with Crippen LogP contribution >= 0.6 is 0 Å². The second-order valence-corrected chi connectivity index (χ2v) is 38.8. The number of ketones is 4. The van der Waals surface area contributed by atoms with Crippen molar-refractivity contribution in [3.8, 4) is 0 Å². The van der Waals surface area contributed by atoms with E-state index in [2.05, 4.69) is 0 Å². The molecule has 0 radical (unpaired) electrons. The fraction of sp³-hybridized carbons (Fsp3) is 0.667. The van der Waals surface area contributed by atoms with Gasteiger partial charge >= 0.3 is 11.9 Å². The van der Waals surface area contributed by atoms with Crippen molar-refractivity contribution in [1.29, 1.82) is 0 Å². The summed E-state index contributed by atoms with van der Waals surface area (Å²) in [4.78, 5) is 266. The molecule has 34 heteroatoms. The molecule has 4 aliphatic heterocycles. The van der Waals surface area contributed by atoms with Crippen molar-refractivity contribution in [3.63, 3.8) is 0 Å². The van der Waals surface area contributed by atoms with Gasteiger partial charge in [-0.15, -0.1) is 0 Å². The first kappa shape index (κ1) is 114. The first-order chi connectivity index (χ1) is 64.2. The molecule has 2 aromatic rings. The predicted octanol–water partition coefficient (Wildman–Crippen LogP) is 9.04. The lowest BCUT2D eigenvalue weighted by molar-refractivity contribution is -0.167. The number of methoxy groups -OCH3 is 4. The molecule has 4 aliphatic rings. The lowest BCUT2D eigenvalue weighted by Gasteiger charge is -2.41. The van der Waals surface area contributed by atoms with Gasteiger partial charge in [0.2, 0.25) is 47.3 Å². The molecule has 2 N–H and O–H groups in total. The maximum absolute atomic E-state index is 15.3. The van der Waals surface area contributed by atoms with Crippen LogP contribution in [0.1, 0.15) is 211 Å². The summed E-state index contributed by atoms with van der Waals surface area (Å²) in [6, 6.07) is 13.1. The number of amides is 12. The number of aliphatic carboxylic acids is 2. The maximum Gasteiger partial charge on any atom is 0.307 e. The minimum Gasteiger partial charge on any atom is -0.481 e. The number of carboxylic acids is 2. The molecular weight excluding hydrogens is 1750 g/mol. The molecule has 2 saturated heterocycles. The van der Waals surface area contributed by atoms with Gasteiger partial charge in [0.1, 0.15) is 11.6 Å². The van der Waals surface area contributed by atoms with E-state index < -0.39 is 254 Å². The second kappa shape index (κ2) is 54.0. The Balaban J connectivity index is 1.22. The van der Waals surface area contributed by atoms with Gasteiger partial charge in [0.05, 0.1) is 98.4 Å². The Morgan fingerprint density at radius 2 is 0.713 bits per heavy atom. The van der Waals surface area contributed by atoms with Gasteiger partial charge in [0.25, 0.3) is 23.6 Å². The monoisotopic (exact) mass is 1900 g/mol. The summed E-state index contributed by atoms with van der Waals surface area (Å²) in [5.74, 6) is -20.0. The van der Waals surface area contributed by atoms with Crippen LogP contribution in [0.2, 0.25) is 0 Å². The molecule has 0 aliphatic carbocycles. The number of likely N-dealkylation sites (tertiary alicyclic amines) is 2. The predicted molar refractivity (Wildman–Crippen MR) is 506 cm³/mol. The van der Waals surface area contributed by atoms with E-state index >= 15 is 38.4 Å². The molecule has 18 atom stereocenters. The summed E-state index contributed by atoms with van der Waals surface area (Å²) >= 11 is 0. The number of hydrogen-bond donors (Lipinski definition) is 2. The molecule has 2 fully saturated rings. The van der Waals surface area contributed by atoms with Gasteiger partial charge in [-0.3, -0.25) is 106 Å². The van der Waals surface area contributed by atoms with Crippen molar-refractivity contribution in [1.82, 2.24) is 49.2 Å². The SMILES string of the molecule is CCC(C)[C@@H](C(CC(=O)N1CCC[C@H]1[C@H](OC)[C@@H](C)C(=O)C[C@@H](Cc1ccccc1)C(=O)O)OC)N(C)C(=O)[C@@H](CC(=O)[C@H](C(C)C)N(C)C(=O)CCN(C(=O)CCN1C(=O)C=CC1=O)N(CCC(=O)N(C)[C@H](C(=O)C[C@H](C(=O)N(C)[C@@H](C(C)CC)C(CC(=O)N1CCC[C@H]1[C@H](OC)[C@@H](C)C(=O)C[C@@H](Cc1ccccc1)C(=O)O)OC)C(C)C)C(C)C)C(=O)CCN1C(=O)C=CC1=O)C(C)C. The minimum atomic E-state index is -1.21. The fourth-order valence-corrected chi connectivity index (χ4v) is 20.1. The number of rotatable bonds is 58. The van der Waals surface area contributed by atoms with E-state index in [9.17, 15) is 58.2 Å². The quantitative estimate of drug-likeness (QED) is 0.0460. The normalized spacial score (nSPS) is 18.6. The number of imide groups is 2. The van der Waals surface area contributed by atoms with E-state index in [0.717, 1.165) is 55.2 Å². The first-order valence-electron chi connectivity index (χ1n) is 48.3. The number of hydrazine groups is 1. The summed E-state index contributed by atoms with van der Waals surface area (Å²) < 4.78 is 24.3. The Kier molecular flexibility index (Phi) is 45.3. The second-order valence-electron chi connectivity index (χ2n) is 38.8. The van der Waals surface area contributed by atoms with Crippen LogP contribution in [-0.4, -0.2) is 322 Å². The van der Waals surface area contributed by atoms with E-state index in [4.69, 9.17) is 18.9 Å². The van der Waals surface area contributed by atoms with E-state index in [-0.39, 0.29) is 86.6 Å². The number of nitrogens with zero attached hydrogens (tertiary/aromatic N) is 10. The highest BCUT2D eigenvalue weighted by Gasteiger charge is 2.48. The van der Waals surface area contributed by atoms with Crippen LogP contribution in [0.4, 0.5) is 0 Å². The zero-order chi connectivity index (χ0) is 102. The lowest BCUT2D eigenvalue weighted by Crippen LogP contribution is -2.55. The Hall–Kier alpha value is -10.6. The standard InChI is InChI=1S/C102H152N10O24/c1-23-65(11)95(81(133-19)59-91(125)107-47-31-37-75(107)97(135-21)67(13)77(113)55-71(101(129)130)53-69-33-27-25-28-34-69)105(17)99(127)73(61(3)4)57-79(115)93(63(7)8)103(15)83(117)45-51-111(89(123)43-49-109-85(119)39-40-86(109)120)112(90(124)44-50-110-87(121)41-42-88(110)122)52-46-84(118)104(16)94(64(9)10)80(116)58-74(62(5)6)100(128)106(18)96(66(12)24-2)82(134-20)60-92(126)108-48-32-38-76(108)98(136-22)68(14)78(114)56-72(102(131)132)54-70-35-29-26-30-36-70/h25-30,33-36,39-42,61-68,71-76,81-82,93-98H,23-24,31-32,37-38,43-60H2,1-22H3,(H,129,130)(H,131,132)/t65?,66?,67-,68-,71+,72+,73-,74-,75-,76-,81?,82?,93-,94-,95-,96-,97+,98+/m0/s1. The van der Waals surface area contributed by atoms with E-state index in [1.54, 1.807) is 142 Å². The molecule has 4 heterocycles. The largest absolute Gasteiger partial charge is 0.481 e. The van der Waals surface area contributed by atoms with Crippen LogP contribution in [0.5, 0.6) is 0 Å². The maximum atomic E-state index is 15.3. The van der Waals surface area contributed by atoms with Gasteiger partial charge < -0.3 is 58.6 Å². The smallest absolute Gasteiger partial charge is 0.307 e. The Labute approximate surface area is 802 Å². The highest BCUT2D eigenvalue weighted by atomic mass is 16.5. The van der Waals surface area contributed by atoms with Gasteiger partial charge in [-0.2, -0.15) is 0 Å². The minimum absolute atomic E-state index is 0.148. The van der Waals surface area contributed by atoms with Crippen LogP contribution in [-0.2, 0) is 118 Å². The van der Waals surface area contributed by atoms with E-state index in [1.165, 1.54) is 62.1 Å². The van der Waals surface area contributed by atoms with Crippen molar-refractivity contribution in [2.24, 2.45) is 71.0 Å². The zero-order valence-corrected chi connectivity index (χ0v) is 84.1. The van der Waals surface area contributed by atoms with Crippen molar-refractivity contribution in [3.05, 3.63) is 96.1 Å². The number of carbonyl (C=O) groups excluding carboxylic acids is 16. The van der Waals surface area contributed by atoms with Crippen molar-refractivity contribution >= 4 is 106 Å². The zero-order valence-electron chi connectivity index (χ0n) is 84.1. The van der Waals surface area contributed by atoms with Crippen molar-refractivity contribution in [2.75, 3.05) is 95.9 Å². The van der Waals surface area contributed by atoms with Crippen LogP contribution in [0, 0.1) is 71.0 Å². The van der Waals surface area contributed by atoms with Crippen LogP contribution < -0.4 is 0 Å². The van der Waals surface area contributed by atoms with Gasteiger partial charge in [-0.1, -0.05) is 170 Å². The third-order valence-corrected chi connectivity index (χ3v) is 28.4. The van der Waals surface area contributed by atoms with Crippen LogP contribution in [0.3, 0.4) is 0 Å². The van der Waals surface area contributed by atoms with Gasteiger partial charge in [0, 0.05) is 182 Å². The number of hydrogen-bond acceptors (Lipinski definition) is 22. The average Bonchev–Trinajstić information content (AvgIpc) is 1.57.